The molecule has 1 fully saturated rings. The van der Waals surface area contributed by atoms with Crippen molar-refractivity contribution < 1.29 is 14.3 Å². The number of amides is 1. The maximum atomic E-state index is 14.8. The Labute approximate surface area is 190 Å². The lowest BCUT2D eigenvalue weighted by Crippen LogP contribution is -2.23. The highest BCUT2D eigenvalue weighted by Gasteiger charge is 2.23. The number of nitrogens with one attached hydrogen (secondary N) is 1. The molecule has 1 heterocycles. The number of anilines is 1. The molecule has 1 saturated carbocycles. The van der Waals surface area contributed by atoms with Crippen molar-refractivity contribution in [2.24, 2.45) is 0 Å². The van der Waals surface area contributed by atoms with Gasteiger partial charge in [0.25, 0.3) is 5.91 Å². The Bertz CT molecular complexity index is 1130. The molecule has 0 spiro atoms. The molecule has 1 aliphatic carbocycles. The minimum atomic E-state index is -0.668. The predicted molar refractivity (Wildman–Crippen MR) is 122 cm³/mol. The van der Waals surface area contributed by atoms with Gasteiger partial charge in [-0.3, -0.25) is 4.79 Å². The van der Waals surface area contributed by atoms with Gasteiger partial charge in [0, 0.05) is 23.0 Å². The maximum Gasteiger partial charge on any atom is 0.254 e. The zero-order valence-electron chi connectivity index (χ0n) is 17.4. The van der Waals surface area contributed by atoms with Crippen LogP contribution in [0.25, 0.3) is 11.3 Å². The molecule has 32 heavy (non-hydrogen) atoms. The van der Waals surface area contributed by atoms with Gasteiger partial charge < -0.3 is 16.2 Å². The van der Waals surface area contributed by atoms with E-state index in [0.717, 1.165) is 36.9 Å². The summed E-state index contributed by atoms with van der Waals surface area (Å²) in [6.07, 6.45) is 4.46. The van der Waals surface area contributed by atoms with E-state index in [4.69, 9.17) is 17.3 Å². The summed E-state index contributed by atoms with van der Waals surface area (Å²) in [7, 11) is 0. The van der Waals surface area contributed by atoms with E-state index in [1.54, 1.807) is 30.5 Å². The van der Waals surface area contributed by atoms with Gasteiger partial charge in [0.2, 0.25) is 0 Å². The van der Waals surface area contributed by atoms with Crippen molar-refractivity contribution in [1.82, 2.24) is 15.3 Å². The number of aliphatic hydroxyl groups is 1. The van der Waals surface area contributed by atoms with E-state index in [1.807, 2.05) is 6.07 Å². The average Bonchev–Trinajstić information content (AvgIpc) is 2.78. The topological polar surface area (TPSA) is 101 Å². The Morgan fingerprint density at radius 1 is 1.19 bits per heavy atom. The van der Waals surface area contributed by atoms with E-state index >= 15 is 0 Å². The zero-order valence-corrected chi connectivity index (χ0v) is 18.1. The van der Waals surface area contributed by atoms with Crippen molar-refractivity contribution in [2.45, 2.75) is 44.2 Å². The first-order chi connectivity index (χ1) is 15.4. The number of carbonyl (C=O) groups excluding carboxylic acids is 1. The molecule has 8 heteroatoms. The number of aliphatic hydroxyl groups excluding tert-OH is 1. The fraction of sp³-hybridized carbons (Fsp3) is 0.292. The van der Waals surface area contributed by atoms with Gasteiger partial charge in [-0.1, -0.05) is 29.8 Å². The van der Waals surface area contributed by atoms with Gasteiger partial charge in [-0.05, 0) is 55.5 Å². The first-order valence-corrected chi connectivity index (χ1v) is 10.9. The minimum Gasteiger partial charge on any atom is -0.393 e. The molecule has 4 N–H and O–H groups in total. The second-order valence-corrected chi connectivity index (χ2v) is 8.48. The summed E-state index contributed by atoms with van der Waals surface area (Å²) in [6, 6.07) is 11.4. The molecule has 166 valence electrons. The first kappa shape index (κ1) is 22.2. The highest BCUT2D eigenvalue weighted by atomic mass is 35.5. The van der Waals surface area contributed by atoms with Crippen molar-refractivity contribution >= 4 is 23.3 Å². The van der Waals surface area contributed by atoms with Crippen LogP contribution in [0.3, 0.4) is 0 Å². The molecular weight excluding hydrogens is 431 g/mol. The molecule has 1 amide bonds. The third kappa shape index (κ3) is 5.06. The number of rotatable bonds is 5. The van der Waals surface area contributed by atoms with Gasteiger partial charge in [0.1, 0.15) is 17.3 Å². The molecule has 0 radical (unpaired) electrons. The van der Waals surface area contributed by atoms with Crippen LogP contribution in [0.2, 0.25) is 5.02 Å². The normalized spacial score (nSPS) is 18.3. The molecule has 3 aromatic rings. The quantitative estimate of drug-likeness (QED) is 0.528. The van der Waals surface area contributed by atoms with Crippen LogP contribution in [-0.2, 0) is 6.54 Å². The lowest BCUT2D eigenvalue weighted by molar-refractivity contribution is 0.0947. The zero-order chi connectivity index (χ0) is 22.7. The van der Waals surface area contributed by atoms with Crippen molar-refractivity contribution in [3.63, 3.8) is 0 Å². The Morgan fingerprint density at radius 3 is 2.69 bits per heavy atom. The largest absolute Gasteiger partial charge is 0.393 e. The molecule has 1 aromatic heterocycles. The molecule has 0 saturated heterocycles. The van der Waals surface area contributed by atoms with Gasteiger partial charge in [0.05, 0.1) is 23.6 Å². The number of halogens is 2. The molecule has 0 atom stereocenters. The number of hydrogen-bond acceptors (Lipinski definition) is 5. The Balaban J connectivity index is 1.51. The van der Waals surface area contributed by atoms with Crippen LogP contribution in [0.4, 0.5) is 10.2 Å². The number of hydrogen-bond donors (Lipinski definition) is 3. The van der Waals surface area contributed by atoms with Gasteiger partial charge in [-0.25, -0.2) is 14.4 Å². The van der Waals surface area contributed by atoms with Crippen LogP contribution in [0.15, 0.2) is 48.7 Å². The molecule has 0 bridgehead atoms. The summed E-state index contributed by atoms with van der Waals surface area (Å²) in [5.74, 6) is -0.810. The van der Waals surface area contributed by atoms with Crippen LogP contribution >= 0.6 is 11.6 Å². The maximum absolute atomic E-state index is 14.8. The number of benzene rings is 2. The van der Waals surface area contributed by atoms with E-state index in [2.05, 4.69) is 15.3 Å². The van der Waals surface area contributed by atoms with Crippen LogP contribution in [0.5, 0.6) is 0 Å². The highest BCUT2D eigenvalue weighted by Crippen LogP contribution is 2.33. The number of aromatic nitrogens is 2. The Kier molecular flexibility index (Phi) is 6.67. The van der Waals surface area contributed by atoms with Crippen LogP contribution in [0.1, 0.15) is 53.2 Å². The molecule has 0 aliphatic heterocycles. The second-order valence-electron chi connectivity index (χ2n) is 8.04. The molecule has 0 unspecified atom stereocenters. The lowest BCUT2D eigenvalue weighted by atomic mass is 9.85. The predicted octanol–water partition coefficient (Wildman–Crippen LogP) is 4.47. The van der Waals surface area contributed by atoms with Gasteiger partial charge >= 0.3 is 0 Å². The summed E-state index contributed by atoms with van der Waals surface area (Å²) >= 11 is 5.95. The van der Waals surface area contributed by atoms with E-state index < -0.39 is 11.7 Å². The Morgan fingerprint density at radius 2 is 1.97 bits per heavy atom. The Hall–Kier alpha value is -3.03. The summed E-state index contributed by atoms with van der Waals surface area (Å²) in [4.78, 5) is 21.4. The van der Waals surface area contributed by atoms with Crippen LogP contribution in [-0.4, -0.2) is 27.1 Å². The van der Waals surface area contributed by atoms with Gasteiger partial charge in [0.15, 0.2) is 0 Å². The number of nitrogens with two attached hydrogens (primary N) is 1. The van der Waals surface area contributed by atoms with E-state index in [9.17, 15) is 14.3 Å². The van der Waals surface area contributed by atoms with E-state index in [-0.39, 0.29) is 29.9 Å². The second kappa shape index (κ2) is 9.63. The molecule has 1 aliphatic rings. The third-order valence-electron chi connectivity index (χ3n) is 5.76. The molecule has 6 nitrogen and oxygen atoms in total. The van der Waals surface area contributed by atoms with Crippen LogP contribution < -0.4 is 11.1 Å². The van der Waals surface area contributed by atoms with E-state index in [1.165, 1.54) is 12.1 Å². The SMILES string of the molecule is Nc1ncc([C@H]2CC[C@@H](O)CC2)nc1-c1ccc(C(=O)NCc2cccc(Cl)c2)c(F)c1. The standard InChI is InChI=1S/C24H24ClFN4O2/c25-17-3-1-2-14(10-17)12-29-24(32)19-9-6-16(11-20(19)26)22-23(27)28-13-21(30-22)15-4-7-18(31)8-5-15/h1-3,6,9-11,13,15,18,31H,4-5,7-8,12H2,(H2,27,28)(H,29,32)/t15-,18+. The first-order valence-electron chi connectivity index (χ1n) is 10.5. The summed E-state index contributed by atoms with van der Waals surface area (Å²) in [5.41, 5.74) is 8.39. The number of nitrogen functional groups attached to an aromatic ring is 1. The van der Waals surface area contributed by atoms with Gasteiger partial charge in [-0.2, -0.15) is 0 Å². The fourth-order valence-corrected chi connectivity index (χ4v) is 4.18. The number of nitrogens with zero attached hydrogens (tertiary/aromatic N) is 2. The monoisotopic (exact) mass is 454 g/mol. The van der Waals surface area contributed by atoms with E-state index in [0.29, 0.717) is 16.3 Å². The molecule has 4 rings (SSSR count). The summed E-state index contributed by atoms with van der Waals surface area (Å²) in [5, 5.41) is 13.0. The molecule has 2 aromatic carbocycles. The summed E-state index contributed by atoms with van der Waals surface area (Å²) in [6.45, 7) is 0.233. The molecular formula is C24H24ClFN4O2. The number of carbonyl (C=O) groups is 1. The average molecular weight is 455 g/mol. The van der Waals surface area contributed by atoms with Crippen molar-refractivity contribution in [3.05, 3.63) is 76.3 Å². The summed E-state index contributed by atoms with van der Waals surface area (Å²) < 4.78 is 14.8. The van der Waals surface area contributed by atoms with Gasteiger partial charge in [-0.15, -0.1) is 0 Å². The van der Waals surface area contributed by atoms with Crippen molar-refractivity contribution in [1.29, 1.82) is 0 Å². The van der Waals surface area contributed by atoms with Crippen LogP contribution in [0, 0.1) is 5.82 Å². The lowest BCUT2D eigenvalue weighted by Gasteiger charge is -2.25. The smallest absolute Gasteiger partial charge is 0.254 e. The minimum absolute atomic E-state index is 0.0697. The van der Waals surface area contributed by atoms with Crippen molar-refractivity contribution in [3.8, 4) is 11.3 Å². The highest BCUT2D eigenvalue weighted by molar-refractivity contribution is 6.30. The fourth-order valence-electron chi connectivity index (χ4n) is 3.96. The third-order valence-corrected chi connectivity index (χ3v) is 6.00. The van der Waals surface area contributed by atoms with Crippen molar-refractivity contribution in [2.75, 3.05) is 5.73 Å².